The zero-order chi connectivity index (χ0) is 16.1. The van der Waals surface area contributed by atoms with Gasteiger partial charge in [-0.25, -0.2) is 4.21 Å². The Balaban J connectivity index is 1.72. The summed E-state index contributed by atoms with van der Waals surface area (Å²) in [6.07, 6.45) is 4.40. The van der Waals surface area contributed by atoms with Crippen LogP contribution in [-0.4, -0.2) is 17.4 Å². The highest BCUT2D eigenvalue weighted by atomic mass is 32.2. The Morgan fingerprint density at radius 3 is 2.35 bits per heavy atom. The lowest BCUT2D eigenvalue weighted by Crippen LogP contribution is -2.27. The Hall–Kier alpha value is -1.65. The van der Waals surface area contributed by atoms with Crippen LogP contribution in [0.2, 0.25) is 0 Å². The summed E-state index contributed by atoms with van der Waals surface area (Å²) in [6, 6.07) is 17.6. The van der Waals surface area contributed by atoms with Crippen LogP contribution in [0.1, 0.15) is 37.2 Å². The minimum absolute atomic E-state index is 0.00841. The summed E-state index contributed by atoms with van der Waals surface area (Å²) >= 11 is -1.44. The molecule has 4 heteroatoms. The van der Waals surface area contributed by atoms with Crippen LogP contribution in [0.15, 0.2) is 59.5 Å². The van der Waals surface area contributed by atoms with Gasteiger partial charge in [0.2, 0.25) is 0 Å². The van der Waals surface area contributed by atoms with Gasteiger partial charge < -0.3 is 4.74 Å². The lowest BCUT2D eigenvalue weighted by Gasteiger charge is -2.31. The lowest BCUT2D eigenvalue weighted by atomic mass is 9.82. The molecule has 1 saturated carbocycles. The van der Waals surface area contributed by atoms with E-state index in [0.29, 0.717) is 10.8 Å². The molecule has 122 valence electrons. The number of hydrogen-bond acceptors (Lipinski definition) is 3. The van der Waals surface area contributed by atoms with Gasteiger partial charge in [-0.15, -0.1) is 0 Å². The Labute approximate surface area is 140 Å². The van der Waals surface area contributed by atoms with Gasteiger partial charge in [-0.3, -0.25) is 4.18 Å². The van der Waals surface area contributed by atoms with Gasteiger partial charge in [0.15, 0.2) is 11.1 Å². The Morgan fingerprint density at radius 2 is 1.65 bits per heavy atom. The van der Waals surface area contributed by atoms with Crippen molar-refractivity contribution in [3.8, 4) is 5.75 Å². The first-order valence-electron chi connectivity index (χ1n) is 8.06. The van der Waals surface area contributed by atoms with Crippen LogP contribution in [0.25, 0.3) is 0 Å². The predicted octanol–water partition coefficient (Wildman–Crippen LogP) is 4.46. The summed E-state index contributed by atoms with van der Waals surface area (Å²) in [5.41, 5.74) is 1.28. The maximum atomic E-state index is 12.5. The molecular formula is C19H22O3S. The van der Waals surface area contributed by atoms with Crippen LogP contribution in [0.3, 0.4) is 0 Å². The van der Waals surface area contributed by atoms with Crippen LogP contribution in [-0.2, 0) is 15.3 Å². The normalized spacial score (nSPS) is 22.5. The topological polar surface area (TPSA) is 35.5 Å². The van der Waals surface area contributed by atoms with E-state index in [1.165, 1.54) is 12.0 Å². The highest BCUT2D eigenvalue weighted by molar-refractivity contribution is 7.80. The number of ether oxygens (including phenoxy) is 1. The van der Waals surface area contributed by atoms with Gasteiger partial charge in [0.1, 0.15) is 5.75 Å². The van der Waals surface area contributed by atoms with Crippen molar-refractivity contribution >= 4 is 11.1 Å². The number of benzene rings is 2. The van der Waals surface area contributed by atoms with Crippen LogP contribution >= 0.6 is 0 Å². The maximum Gasteiger partial charge on any atom is 0.189 e. The minimum atomic E-state index is -1.44. The Bertz CT molecular complexity index is 639. The lowest BCUT2D eigenvalue weighted by molar-refractivity contribution is 0.147. The van der Waals surface area contributed by atoms with Crippen molar-refractivity contribution in [1.82, 2.24) is 0 Å². The van der Waals surface area contributed by atoms with Crippen LogP contribution in [0, 0.1) is 0 Å². The van der Waals surface area contributed by atoms with Crippen molar-refractivity contribution < 1.29 is 13.1 Å². The summed E-state index contributed by atoms with van der Waals surface area (Å²) in [4.78, 5) is 0.684. The molecule has 3 atom stereocenters. The third-order valence-electron chi connectivity index (χ3n) is 4.39. The molecule has 0 saturated heterocycles. The van der Waals surface area contributed by atoms with E-state index < -0.39 is 11.1 Å². The molecular weight excluding hydrogens is 308 g/mol. The summed E-state index contributed by atoms with van der Waals surface area (Å²) in [7, 11) is 1.62. The molecule has 3 unspecified atom stereocenters. The molecule has 0 aliphatic heterocycles. The van der Waals surface area contributed by atoms with Gasteiger partial charge in [0, 0.05) is 5.92 Å². The van der Waals surface area contributed by atoms with Crippen LogP contribution < -0.4 is 4.74 Å². The molecule has 0 spiro atoms. The van der Waals surface area contributed by atoms with E-state index in [1.807, 2.05) is 18.2 Å². The molecule has 1 aliphatic carbocycles. The van der Waals surface area contributed by atoms with E-state index in [-0.39, 0.29) is 6.10 Å². The summed E-state index contributed by atoms with van der Waals surface area (Å²) in [6.45, 7) is 0. The molecule has 2 aromatic rings. The molecule has 0 bridgehead atoms. The fourth-order valence-corrected chi connectivity index (χ4v) is 4.07. The van der Waals surface area contributed by atoms with Crippen molar-refractivity contribution in [2.75, 3.05) is 7.11 Å². The Kier molecular flexibility index (Phi) is 5.47. The van der Waals surface area contributed by atoms with Crippen molar-refractivity contribution in [2.24, 2.45) is 0 Å². The molecule has 0 N–H and O–H groups in total. The standard InChI is InChI=1S/C19H22O3S/c1-21-16-11-13-17(14-12-16)23(20)22-19-10-6-5-9-18(19)15-7-3-2-4-8-15/h2-4,7-8,11-14,18-19H,5-6,9-10H2,1H3. The van der Waals surface area contributed by atoms with Gasteiger partial charge in [0.05, 0.1) is 18.1 Å². The molecule has 0 radical (unpaired) electrons. The van der Waals surface area contributed by atoms with Gasteiger partial charge >= 0.3 is 0 Å². The maximum absolute atomic E-state index is 12.5. The fourth-order valence-electron chi connectivity index (χ4n) is 3.15. The first kappa shape index (κ1) is 16.2. The van der Waals surface area contributed by atoms with E-state index in [1.54, 1.807) is 19.2 Å². The SMILES string of the molecule is COc1ccc(S(=O)OC2CCCCC2c2ccccc2)cc1. The molecule has 23 heavy (non-hydrogen) atoms. The zero-order valence-electron chi connectivity index (χ0n) is 13.3. The van der Waals surface area contributed by atoms with Crippen LogP contribution in [0.5, 0.6) is 5.75 Å². The number of hydrogen-bond donors (Lipinski definition) is 0. The van der Waals surface area contributed by atoms with E-state index >= 15 is 0 Å². The van der Waals surface area contributed by atoms with Gasteiger partial charge in [0.25, 0.3) is 0 Å². The smallest absolute Gasteiger partial charge is 0.189 e. The minimum Gasteiger partial charge on any atom is -0.497 e. The van der Waals surface area contributed by atoms with Crippen molar-refractivity contribution in [3.05, 3.63) is 60.2 Å². The summed E-state index contributed by atoms with van der Waals surface area (Å²) < 4.78 is 23.6. The Morgan fingerprint density at radius 1 is 0.957 bits per heavy atom. The van der Waals surface area contributed by atoms with Gasteiger partial charge in [-0.2, -0.15) is 0 Å². The van der Waals surface area contributed by atoms with E-state index in [9.17, 15) is 4.21 Å². The molecule has 3 nitrogen and oxygen atoms in total. The number of rotatable bonds is 5. The first-order chi connectivity index (χ1) is 11.3. The number of methoxy groups -OCH3 is 1. The summed E-state index contributed by atoms with van der Waals surface area (Å²) in [5, 5.41) is 0. The second kappa shape index (κ2) is 7.75. The van der Waals surface area contributed by atoms with Crippen molar-refractivity contribution in [3.63, 3.8) is 0 Å². The van der Waals surface area contributed by atoms with E-state index in [2.05, 4.69) is 24.3 Å². The fraction of sp³-hybridized carbons (Fsp3) is 0.368. The van der Waals surface area contributed by atoms with Gasteiger partial charge in [-0.05, 0) is 42.7 Å². The van der Waals surface area contributed by atoms with Gasteiger partial charge in [-0.1, -0.05) is 43.2 Å². The quantitative estimate of drug-likeness (QED) is 0.812. The highest BCUT2D eigenvalue weighted by Gasteiger charge is 2.29. The second-order valence-electron chi connectivity index (χ2n) is 5.85. The average Bonchev–Trinajstić information content (AvgIpc) is 2.63. The first-order valence-corrected chi connectivity index (χ1v) is 9.13. The molecule has 3 rings (SSSR count). The third-order valence-corrected chi connectivity index (χ3v) is 5.47. The second-order valence-corrected chi connectivity index (χ2v) is 6.98. The molecule has 0 amide bonds. The molecule has 0 heterocycles. The predicted molar refractivity (Wildman–Crippen MR) is 91.9 cm³/mol. The monoisotopic (exact) mass is 330 g/mol. The molecule has 1 fully saturated rings. The molecule has 1 aliphatic rings. The van der Waals surface area contributed by atoms with Crippen molar-refractivity contribution in [2.45, 2.75) is 42.6 Å². The zero-order valence-corrected chi connectivity index (χ0v) is 14.1. The van der Waals surface area contributed by atoms with Crippen molar-refractivity contribution in [1.29, 1.82) is 0 Å². The van der Waals surface area contributed by atoms with E-state index in [0.717, 1.165) is 25.0 Å². The van der Waals surface area contributed by atoms with E-state index in [4.69, 9.17) is 8.92 Å². The highest BCUT2D eigenvalue weighted by Crippen LogP contribution is 2.36. The molecule has 0 aromatic heterocycles. The largest absolute Gasteiger partial charge is 0.497 e. The molecule has 2 aromatic carbocycles. The summed E-state index contributed by atoms with van der Waals surface area (Å²) in [5.74, 6) is 1.08. The third kappa shape index (κ3) is 4.01. The van der Waals surface area contributed by atoms with Crippen LogP contribution in [0.4, 0.5) is 0 Å². The average molecular weight is 330 g/mol.